The third-order valence-corrected chi connectivity index (χ3v) is 4.58. The number of benzene rings is 2. The van der Waals surface area contributed by atoms with E-state index in [0.29, 0.717) is 12.1 Å². The summed E-state index contributed by atoms with van der Waals surface area (Å²) in [5.41, 5.74) is 3.22. The van der Waals surface area contributed by atoms with Crippen molar-refractivity contribution < 1.29 is 9.72 Å². The van der Waals surface area contributed by atoms with E-state index in [0.717, 1.165) is 11.5 Å². The SMILES string of the molecule is Cc1ccccc1CSCCNC(=O)C=Cc1cccc([N+](=O)[O-])c1. The molecular weight excluding hydrogens is 336 g/mol. The van der Waals surface area contributed by atoms with Crippen LogP contribution in [-0.4, -0.2) is 23.1 Å². The molecule has 0 saturated heterocycles. The van der Waals surface area contributed by atoms with Crippen LogP contribution in [0.15, 0.2) is 54.6 Å². The third-order valence-electron chi connectivity index (χ3n) is 3.57. The number of non-ortho nitro benzene ring substituents is 1. The number of nitro benzene ring substituents is 1. The minimum absolute atomic E-state index is 0.00941. The highest BCUT2D eigenvalue weighted by molar-refractivity contribution is 7.98. The van der Waals surface area contributed by atoms with Crippen LogP contribution < -0.4 is 5.32 Å². The smallest absolute Gasteiger partial charge is 0.270 e. The Kier molecular flexibility index (Phi) is 7.22. The molecular formula is C19H20N2O3S. The first-order chi connectivity index (χ1) is 12.1. The lowest BCUT2D eigenvalue weighted by Crippen LogP contribution is -2.23. The van der Waals surface area contributed by atoms with Crippen LogP contribution in [0.4, 0.5) is 5.69 Å². The van der Waals surface area contributed by atoms with Gasteiger partial charge in [0.25, 0.3) is 5.69 Å². The van der Waals surface area contributed by atoms with Gasteiger partial charge < -0.3 is 5.32 Å². The van der Waals surface area contributed by atoms with Crippen molar-refractivity contribution in [2.75, 3.05) is 12.3 Å². The van der Waals surface area contributed by atoms with Gasteiger partial charge in [-0.1, -0.05) is 36.4 Å². The van der Waals surface area contributed by atoms with Crippen LogP contribution in [0.25, 0.3) is 6.08 Å². The minimum Gasteiger partial charge on any atom is -0.352 e. The number of carbonyl (C=O) groups excluding carboxylic acids is 1. The van der Waals surface area contributed by atoms with Crippen LogP contribution in [0.1, 0.15) is 16.7 Å². The number of hydrogen-bond donors (Lipinski definition) is 1. The van der Waals surface area contributed by atoms with Gasteiger partial charge in [0.05, 0.1) is 4.92 Å². The summed E-state index contributed by atoms with van der Waals surface area (Å²) in [5.74, 6) is 1.54. The van der Waals surface area contributed by atoms with E-state index < -0.39 is 4.92 Å². The van der Waals surface area contributed by atoms with Gasteiger partial charge in [0.1, 0.15) is 0 Å². The molecule has 0 bridgehead atoms. The monoisotopic (exact) mass is 356 g/mol. The van der Waals surface area contributed by atoms with Gasteiger partial charge in [-0.2, -0.15) is 11.8 Å². The average molecular weight is 356 g/mol. The standard InChI is InChI=1S/C19H20N2O3S/c1-15-5-2-3-7-17(15)14-25-12-11-20-19(22)10-9-16-6-4-8-18(13-16)21(23)24/h2-10,13H,11-12,14H2,1H3,(H,20,22). The van der Waals surface area contributed by atoms with Crippen LogP contribution in [0.3, 0.4) is 0 Å². The van der Waals surface area contributed by atoms with E-state index in [2.05, 4.69) is 24.4 Å². The van der Waals surface area contributed by atoms with Gasteiger partial charge >= 0.3 is 0 Å². The number of rotatable bonds is 8. The molecule has 1 N–H and O–H groups in total. The number of hydrogen-bond acceptors (Lipinski definition) is 4. The molecule has 2 aromatic carbocycles. The molecule has 0 saturated carbocycles. The molecule has 6 heteroatoms. The highest BCUT2D eigenvalue weighted by Crippen LogP contribution is 2.15. The van der Waals surface area contributed by atoms with E-state index in [-0.39, 0.29) is 11.6 Å². The zero-order chi connectivity index (χ0) is 18.1. The fourth-order valence-electron chi connectivity index (χ4n) is 2.17. The Morgan fingerprint density at radius 2 is 2.04 bits per heavy atom. The van der Waals surface area contributed by atoms with E-state index in [9.17, 15) is 14.9 Å². The summed E-state index contributed by atoms with van der Waals surface area (Å²) < 4.78 is 0. The first-order valence-electron chi connectivity index (χ1n) is 7.89. The van der Waals surface area contributed by atoms with E-state index in [1.807, 2.05) is 12.1 Å². The molecule has 0 spiro atoms. The molecule has 0 unspecified atom stereocenters. The lowest BCUT2D eigenvalue weighted by molar-refractivity contribution is -0.384. The second-order valence-corrected chi connectivity index (χ2v) is 6.56. The maximum Gasteiger partial charge on any atom is 0.270 e. The normalized spacial score (nSPS) is 10.8. The summed E-state index contributed by atoms with van der Waals surface area (Å²) in [5, 5.41) is 13.5. The molecule has 0 aliphatic heterocycles. The van der Waals surface area contributed by atoms with Crippen molar-refractivity contribution in [2.24, 2.45) is 0 Å². The van der Waals surface area contributed by atoms with Crippen LogP contribution in [-0.2, 0) is 10.5 Å². The fraction of sp³-hybridized carbons (Fsp3) is 0.211. The molecule has 0 heterocycles. The zero-order valence-electron chi connectivity index (χ0n) is 14.0. The quantitative estimate of drug-likeness (QED) is 0.336. The molecule has 25 heavy (non-hydrogen) atoms. The molecule has 0 aliphatic rings. The third kappa shape index (κ3) is 6.43. The first-order valence-corrected chi connectivity index (χ1v) is 9.04. The molecule has 130 valence electrons. The van der Waals surface area contributed by atoms with Crippen LogP contribution in [0, 0.1) is 17.0 Å². The molecule has 0 aromatic heterocycles. The highest BCUT2D eigenvalue weighted by Gasteiger charge is 2.04. The van der Waals surface area contributed by atoms with Gasteiger partial charge in [-0.25, -0.2) is 0 Å². The number of amides is 1. The van der Waals surface area contributed by atoms with E-state index in [4.69, 9.17) is 0 Å². The summed E-state index contributed by atoms with van der Waals surface area (Å²) in [6, 6.07) is 14.4. The van der Waals surface area contributed by atoms with Gasteiger partial charge in [0.2, 0.25) is 5.91 Å². The number of nitrogens with zero attached hydrogens (tertiary/aromatic N) is 1. The van der Waals surface area contributed by atoms with Gasteiger partial charge in [0.15, 0.2) is 0 Å². The second kappa shape index (κ2) is 9.64. The highest BCUT2D eigenvalue weighted by atomic mass is 32.2. The van der Waals surface area contributed by atoms with Crippen LogP contribution in [0.5, 0.6) is 0 Å². The van der Waals surface area contributed by atoms with Crippen LogP contribution in [0.2, 0.25) is 0 Å². The molecule has 2 rings (SSSR count). The first kappa shape index (κ1) is 18.7. The number of nitro groups is 1. The van der Waals surface area contributed by atoms with E-state index in [1.165, 1.54) is 29.3 Å². The summed E-state index contributed by atoms with van der Waals surface area (Å²) in [4.78, 5) is 22.0. The number of thioether (sulfide) groups is 1. The Labute approximate surface area is 151 Å². The number of aryl methyl sites for hydroxylation is 1. The van der Waals surface area contributed by atoms with Gasteiger partial charge in [-0.15, -0.1) is 0 Å². The van der Waals surface area contributed by atoms with Crippen molar-refractivity contribution in [3.63, 3.8) is 0 Å². The lowest BCUT2D eigenvalue weighted by Gasteiger charge is -2.05. The molecule has 1 amide bonds. The van der Waals surface area contributed by atoms with Gasteiger partial charge in [-0.05, 0) is 29.7 Å². The topological polar surface area (TPSA) is 72.2 Å². The van der Waals surface area contributed by atoms with E-state index in [1.54, 1.807) is 30.0 Å². The zero-order valence-corrected chi connectivity index (χ0v) is 14.8. The maximum absolute atomic E-state index is 11.8. The number of carbonyl (C=O) groups is 1. The predicted octanol–water partition coefficient (Wildman–Crippen LogP) is 3.97. The Hall–Kier alpha value is -2.60. The van der Waals surface area contributed by atoms with Crippen molar-refractivity contribution in [2.45, 2.75) is 12.7 Å². The molecule has 0 aliphatic carbocycles. The Morgan fingerprint density at radius 3 is 2.80 bits per heavy atom. The predicted molar refractivity (Wildman–Crippen MR) is 102 cm³/mol. The minimum atomic E-state index is -0.455. The molecule has 2 aromatic rings. The fourth-order valence-corrected chi connectivity index (χ4v) is 3.11. The summed E-state index contributed by atoms with van der Waals surface area (Å²) >= 11 is 1.77. The largest absolute Gasteiger partial charge is 0.352 e. The molecule has 0 atom stereocenters. The second-order valence-electron chi connectivity index (χ2n) is 5.46. The maximum atomic E-state index is 11.8. The average Bonchev–Trinajstić information content (AvgIpc) is 2.61. The van der Waals surface area contributed by atoms with Crippen molar-refractivity contribution in [3.05, 3.63) is 81.4 Å². The van der Waals surface area contributed by atoms with Gasteiger partial charge in [-0.3, -0.25) is 14.9 Å². The van der Waals surface area contributed by atoms with E-state index >= 15 is 0 Å². The summed E-state index contributed by atoms with van der Waals surface area (Å²) in [7, 11) is 0. The van der Waals surface area contributed by atoms with Crippen molar-refractivity contribution in [1.29, 1.82) is 0 Å². The summed E-state index contributed by atoms with van der Waals surface area (Å²) in [6.45, 7) is 2.67. The Balaban J connectivity index is 1.71. The van der Waals surface area contributed by atoms with Crippen molar-refractivity contribution in [3.8, 4) is 0 Å². The molecule has 0 fully saturated rings. The van der Waals surface area contributed by atoms with Crippen LogP contribution >= 0.6 is 11.8 Å². The Morgan fingerprint density at radius 1 is 1.24 bits per heavy atom. The Bertz CT molecular complexity index is 775. The summed E-state index contributed by atoms with van der Waals surface area (Å²) in [6.07, 6.45) is 2.97. The van der Waals surface area contributed by atoms with Gasteiger partial charge in [0, 0.05) is 36.3 Å². The lowest BCUT2D eigenvalue weighted by atomic mass is 10.1. The molecule has 5 nitrogen and oxygen atoms in total. The molecule has 0 radical (unpaired) electrons. The van der Waals surface area contributed by atoms with Crippen molar-refractivity contribution >= 4 is 29.4 Å². The number of nitrogens with one attached hydrogen (secondary N) is 1. The van der Waals surface area contributed by atoms with Crippen molar-refractivity contribution in [1.82, 2.24) is 5.32 Å².